The normalized spacial score (nSPS) is 17.8. The second-order valence-corrected chi connectivity index (χ2v) is 29.1. The minimum Gasteiger partial charge on any atom is -0.504 e. The molecule has 53 heteroatoms. The summed E-state index contributed by atoms with van der Waals surface area (Å²) >= 11 is 0. The third-order valence-corrected chi connectivity index (χ3v) is 21.2. The number of hydrogen-bond acceptors (Lipinski definition) is 51. The molecule has 135 heavy (non-hydrogen) atoms. The molecule has 10 aromatic carbocycles. The fourth-order valence-electron chi connectivity index (χ4n) is 14.9. The first kappa shape index (κ1) is 91.5. The maximum atomic E-state index is 16.3. The maximum Gasteiger partial charge on any atom is 0.347 e. The fraction of sp³-hybridized carbons (Fsp3) is 0.134. The van der Waals surface area contributed by atoms with Crippen LogP contribution in [-0.2, 0) is 47.4 Å². The van der Waals surface area contributed by atoms with E-state index in [0.29, 0.717) is 0 Å². The number of carboxylic acid groups (broad SMARTS) is 2. The lowest BCUT2D eigenvalue weighted by molar-refractivity contribution is -0.166. The largest absolute Gasteiger partial charge is 0.504 e. The Morgan fingerprint density at radius 3 is 1.11 bits per heavy atom. The number of aliphatic hydroxyl groups excluding tert-OH is 1. The van der Waals surface area contributed by atoms with Gasteiger partial charge in [0.2, 0.25) is 57.8 Å². The Balaban J connectivity index is 1.03. The zero-order valence-corrected chi connectivity index (χ0v) is 65.8. The molecular formula is C82H56O53. The van der Waals surface area contributed by atoms with E-state index in [1.54, 1.807) is 0 Å². The van der Waals surface area contributed by atoms with Gasteiger partial charge in [-0.1, -0.05) is 0 Å². The van der Waals surface area contributed by atoms with Gasteiger partial charge >= 0.3 is 65.7 Å². The molecule has 53 nitrogen and oxygen atoms in total. The maximum absolute atomic E-state index is 16.3. The highest BCUT2D eigenvalue weighted by Gasteiger charge is 2.58. The van der Waals surface area contributed by atoms with Gasteiger partial charge in [-0.25, -0.2) is 52.7 Å². The topological polar surface area (TPSA) is 927 Å². The van der Waals surface area contributed by atoms with E-state index >= 15 is 33.6 Å². The lowest BCUT2D eigenvalue weighted by atomic mass is 9.73. The first-order valence-corrected chi connectivity index (χ1v) is 37.0. The number of phenolic OH excluding ortho intramolecular Hbond substituents is 29. The fourth-order valence-corrected chi connectivity index (χ4v) is 14.9. The SMILES string of the molecule is O=C(OC1COC(=O)c2cc(Oc3c(C(=O)O)cc(O)c(O)c3O)c(O)c(O)c2-c2c(cc(O)c(O)c2O)C(=O)OC1C1OC(=O)c2cc(O)c(O)c(O)c2-c2c(O)c(O)c(O)c3c2C(=O)OC1C3c1c(C(=O)OC2COC(=O)c3cc(O)c(O)c(O)c3-c3c(cc(O)c(O)c3O)C(=O)OC2C(O)C(OC(=O)c2cc(O)c(O)c(O)c2)C(=O)O)cc(O)c(O)c1O)c1cc(O)c(O)c(O)c1. The molecule has 14 rings (SSSR count). The molecule has 0 saturated carbocycles. The zero-order valence-electron chi connectivity index (χ0n) is 65.8. The highest BCUT2D eigenvalue weighted by molar-refractivity contribution is 6.13. The van der Waals surface area contributed by atoms with Gasteiger partial charge < -0.3 is 211 Å². The molecule has 2 bridgehead atoms. The Morgan fingerprint density at radius 2 is 0.652 bits per heavy atom. The lowest BCUT2D eigenvalue weighted by Crippen LogP contribution is -2.56. The first-order valence-electron chi connectivity index (χ1n) is 37.0. The van der Waals surface area contributed by atoms with Crippen LogP contribution in [0, 0.1) is 0 Å². The highest BCUT2D eigenvalue weighted by atomic mass is 16.7. The van der Waals surface area contributed by atoms with Gasteiger partial charge in [0.05, 0.1) is 56.0 Å². The van der Waals surface area contributed by atoms with E-state index in [1.165, 1.54) is 0 Å². The molecule has 9 unspecified atom stereocenters. The molecule has 4 aliphatic heterocycles. The van der Waals surface area contributed by atoms with Crippen LogP contribution in [0.1, 0.15) is 121 Å². The van der Waals surface area contributed by atoms with Crippen LogP contribution in [0.3, 0.4) is 0 Å². The Morgan fingerprint density at radius 1 is 0.304 bits per heavy atom. The summed E-state index contributed by atoms with van der Waals surface area (Å²) in [5, 5.41) is 361. The number of carbonyl (C=O) groups excluding carboxylic acids is 9. The number of cyclic esters (lactones) is 5. The first-order chi connectivity index (χ1) is 63.3. The van der Waals surface area contributed by atoms with Gasteiger partial charge in [-0.2, -0.15) is 0 Å². The number of aliphatic carboxylic acids is 1. The molecular weight excluding hydrogens is 1830 g/mol. The summed E-state index contributed by atoms with van der Waals surface area (Å²) in [6.07, 6.45) is -27.9. The van der Waals surface area contributed by atoms with Crippen molar-refractivity contribution in [3.05, 3.63) is 133 Å². The molecule has 0 spiro atoms. The molecule has 0 saturated heterocycles. The molecule has 0 fully saturated rings. The minimum atomic E-state index is -3.64. The number of rotatable bonds is 14. The number of benzene rings is 10. The number of aromatic hydroxyl groups is 29. The van der Waals surface area contributed by atoms with E-state index in [1.807, 2.05) is 0 Å². The number of aromatic carboxylic acids is 1. The van der Waals surface area contributed by atoms with Crippen molar-refractivity contribution < 1.29 is 264 Å². The third kappa shape index (κ3) is 15.0. The molecule has 702 valence electrons. The summed E-state index contributed by atoms with van der Waals surface area (Å²) in [5.41, 5.74) is -28.1. The van der Waals surface area contributed by atoms with Crippen molar-refractivity contribution in [2.24, 2.45) is 0 Å². The smallest absolute Gasteiger partial charge is 0.347 e. The molecule has 0 aromatic heterocycles. The van der Waals surface area contributed by atoms with E-state index in [4.69, 9.17) is 47.4 Å². The van der Waals surface area contributed by atoms with Gasteiger partial charge in [-0.3, -0.25) is 0 Å². The van der Waals surface area contributed by atoms with Gasteiger partial charge in [-0.15, -0.1) is 0 Å². The van der Waals surface area contributed by atoms with Crippen LogP contribution in [0.2, 0.25) is 0 Å². The van der Waals surface area contributed by atoms with Crippen LogP contribution in [-0.4, -0.2) is 291 Å². The van der Waals surface area contributed by atoms with Gasteiger partial charge in [0.1, 0.15) is 24.9 Å². The van der Waals surface area contributed by atoms with Crippen LogP contribution in [0.25, 0.3) is 33.4 Å². The predicted octanol–water partition coefficient (Wildman–Crippen LogP) is 3.06. The summed E-state index contributed by atoms with van der Waals surface area (Å²) in [6.45, 7) is -4.18. The van der Waals surface area contributed by atoms with Gasteiger partial charge in [0.25, 0.3) is 0 Å². The van der Waals surface area contributed by atoms with E-state index in [9.17, 15) is 183 Å². The number of esters is 9. The van der Waals surface area contributed by atoms with Crippen LogP contribution < -0.4 is 4.74 Å². The molecule has 4 heterocycles. The molecule has 4 aliphatic rings. The summed E-state index contributed by atoms with van der Waals surface area (Å²) in [4.78, 5) is 164. The Labute approximate surface area is 739 Å². The summed E-state index contributed by atoms with van der Waals surface area (Å²) < 4.78 is 56.3. The van der Waals surface area contributed by atoms with Crippen LogP contribution in [0.15, 0.2) is 66.7 Å². The van der Waals surface area contributed by atoms with Crippen LogP contribution in [0.5, 0.6) is 178 Å². The predicted molar refractivity (Wildman–Crippen MR) is 417 cm³/mol. The zero-order chi connectivity index (χ0) is 99.1. The molecule has 32 N–H and O–H groups in total. The quantitative estimate of drug-likeness (QED) is 0.0422. The third-order valence-electron chi connectivity index (χ3n) is 21.2. The van der Waals surface area contributed by atoms with E-state index < -0.39 is 412 Å². The van der Waals surface area contributed by atoms with Crippen LogP contribution >= 0.6 is 0 Å². The molecule has 9 atom stereocenters. The number of carbonyl (C=O) groups is 11. The summed E-state index contributed by atoms with van der Waals surface area (Å²) in [5.74, 6) is -81.6. The number of aliphatic hydroxyl groups is 1. The van der Waals surface area contributed by atoms with E-state index in [2.05, 4.69) is 0 Å². The number of phenols is 29. The van der Waals surface area contributed by atoms with Gasteiger partial charge in [-0.05, 0) is 54.6 Å². The second kappa shape index (κ2) is 33.2. The van der Waals surface area contributed by atoms with Crippen molar-refractivity contribution in [1.82, 2.24) is 0 Å². The van der Waals surface area contributed by atoms with Crippen molar-refractivity contribution in [3.8, 4) is 212 Å². The van der Waals surface area contributed by atoms with Crippen LogP contribution in [0.4, 0.5) is 0 Å². The molecule has 0 amide bonds. The standard InChI is InChI=1S/C82H56O53/c83-23-1-14(2-24(84)46(23)93)74(117)129-35-13-127-77(120)21-11-33(128-66-22(72(113)114)10-32(92)53(100)64(66)111)54(101)60(107)39(21)38-18(7-29(89)50(97)57(38)104)80(123)132-68(35)71-69-44(43-45(82(125)133-69)42(61(108)63(110)62(43)109)40-19(81(124)135-71)8-30(90)51(98)58(40)105)41-20(9-31(91)52(99)59(41)106)78(121)130-34-12-126-76(119)16-5-27(87)48(95)55(102)36(16)37-17(6-28(88)49(96)56(37)103)79(122)131-67(34)65(112)70(73(115)116)134-75(118)15-3-25(85)47(94)26(86)4-15/h1-11,34-35,44,65,67-71,83-112H,12-13H2,(H,113,114)(H,115,116). The average Bonchev–Trinajstić information content (AvgIpc) is 0.765. The number of hydrogen-bond donors (Lipinski definition) is 32. The summed E-state index contributed by atoms with van der Waals surface area (Å²) in [7, 11) is 0. The van der Waals surface area contributed by atoms with Crippen molar-refractivity contribution >= 4 is 65.7 Å². The van der Waals surface area contributed by atoms with Crippen molar-refractivity contribution in [2.45, 2.75) is 54.7 Å². The van der Waals surface area contributed by atoms with Crippen molar-refractivity contribution in [2.75, 3.05) is 13.2 Å². The van der Waals surface area contributed by atoms with Crippen molar-refractivity contribution in [3.63, 3.8) is 0 Å². The minimum absolute atomic E-state index is 0.0202. The molecule has 0 radical (unpaired) electrons. The lowest BCUT2D eigenvalue weighted by Gasteiger charge is -2.43. The summed E-state index contributed by atoms with van der Waals surface area (Å²) in [6, 6.07) is 1.72. The number of fused-ring (bicyclic) bond motifs is 10. The van der Waals surface area contributed by atoms with Gasteiger partial charge in [0, 0.05) is 56.6 Å². The second-order valence-electron chi connectivity index (χ2n) is 29.1. The Kier molecular flexibility index (Phi) is 22.5. The Bertz CT molecular complexity index is 6930. The van der Waals surface area contributed by atoms with E-state index in [0.717, 1.165) is 0 Å². The monoisotopic (exact) mass is 1890 g/mol. The highest BCUT2D eigenvalue weighted by Crippen LogP contribution is 2.63. The number of carboxylic acids is 2. The Hall–Kier alpha value is -19.7. The number of ether oxygens (including phenoxy) is 10. The average molecular weight is 1890 g/mol. The molecule has 10 aromatic rings. The van der Waals surface area contributed by atoms with E-state index in [-0.39, 0.29) is 66.7 Å². The van der Waals surface area contributed by atoms with Gasteiger partial charge in [0.15, 0.2) is 163 Å². The molecule has 0 aliphatic carbocycles. The van der Waals surface area contributed by atoms with Crippen molar-refractivity contribution in [1.29, 1.82) is 0 Å².